The third-order valence-electron chi connectivity index (χ3n) is 6.48. The second kappa shape index (κ2) is 10.2. The summed E-state index contributed by atoms with van der Waals surface area (Å²) in [5.41, 5.74) is -3.48. The Bertz CT molecular complexity index is 1180. The van der Waals surface area contributed by atoms with Crippen molar-refractivity contribution in [1.82, 2.24) is 4.90 Å². The first-order chi connectivity index (χ1) is 17.0. The summed E-state index contributed by atoms with van der Waals surface area (Å²) in [5, 5.41) is 19.0. The fraction of sp³-hybridized carbons (Fsp3) is 0.462. The molecule has 2 aromatic carbocycles. The van der Waals surface area contributed by atoms with Gasteiger partial charge >= 0.3 is 18.3 Å². The molecule has 1 fully saturated rings. The van der Waals surface area contributed by atoms with E-state index in [1.54, 1.807) is 25.7 Å². The van der Waals surface area contributed by atoms with Gasteiger partial charge in [0.25, 0.3) is 0 Å². The largest absolute Gasteiger partial charge is 0.480 e. The number of hydrogen-bond donors (Lipinski definition) is 1. The first-order valence-electron chi connectivity index (χ1n) is 11.5. The van der Waals surface area contributed by atoms with Crippen molar-refractivity contribution in [3.8, 4) is 6.07 Å². The summed E-state index contributed by atoms with van der Waals surface area (Å²) in [4.78, 5) is 15.2. The molecule has 3 rings (SSSR count). The SMILES string of the molecule is CC(C)(C)C(C(=O)O)N1CC[C@H](N(Cc2ccccc2C(F)(F)F)c2ccc(C#N)c(C(F)(F)F)c2)C1. The lowest BCUT2D eigenvalue weighted by Gasteiger charge is -2.36. The minimum atomic E-state index is -4.85. The van der Waals surface area contributed by atoms with Crippen LogP contribution in [-0.4, -0.2) is 41.1 Å². The Hall–Kier alpha value is -3.26. The highest BCUT2D eigenvalue weighted by atomic mass is 19.4. The minimum absolute atomic E-state index is 0.00205. The molecule has 11 heteroatoms. The maximum atomic E-state index is 13.7. The number of benzene rings is 2. The van der Waals surface area contributed by atoms with Crippen LogP contribution in [0.25, 0.3) is 0 Å². The van der Waals surface area contributed by atoms with Crippen molar-refractivity contribution < 1.29 is 36.2 Å². The molecular weight excluding hydrogens is 500 g/mol. The Morgan fingerprint density at radius 2 is 1.70 bits per heavy atom. The second-order valence-electron chi connectivity index (χ2n) is 10.2. The normalized spacial score (nSPS) is 17.9. The molecule has 1 saturated heterocycles. The lowest BCUT2D eigenvalue weighted by molar-refractivity contribution is -0.147. The van der Waals surface area contributed by atoms with Crippen molar-refractivity contribution in [3.63, 3.8) is 0 Å². The number of alkyl halides is 6. The number of rotatable bonds is 6. The first kappa shape index (κ1) is 28.3. The molecule has 0 amide bonds. The number of carboxylic acid groups (broad SMARTS) is 1. The van der Waals surface area contributed by atoms with Gasteiger partial charge < -0.3 is 10.0 Å². The van der Waals surface area contributed by atoms with Gasteiger partial charge in [0.1, 0.15) is 6.04 Å². The summed E-state index contributed by atoms with van der Waals surface area (Å²) < 4.78 is 82.2. The van der Waals surface area contributed by atoms with Gasteiger partial charge in [0.2, 0.25) is 0 Å². The molecule has 0 spiro atoms. The van der Waals surface area contributed by atoms with E-state index >= 15 is 0 Å². The second-order valence-corrected chi connectivity index (χ2v) is 10.2. The van der Waals surface area contributed by atoms with Gasteiger partial charge in [-0.3, -0.25) is 9.69 Å². The van der Waals surface area contributed by atoms with E-state index < -0.39 is 52.5 Å². The van der Waals surface area contributed by atoms with Gasteiger partial charge in [0.05, 0.1) is 22.8 Å². The third kappa shape index (κ3) is 6.36. The minimum Gasteiger partial charge on any atom is -0.480 e. The van der Waals surface area contributed by atoms with Crippen LogP contribution in [0.2, 0.25) is 0 Å². The zero-order valence-corrected chi connectivity index (χ0v) is 20.5. The number of aliphatic carboxylic acids is 1. The van der Waals surface area contributed by atoms with E-state index in [0.29, 0.717) is 13.0 Å². The summed E-state index contributed by atoms with van der Waals surface area (Å²) >= 11 is 0. The van der Waals surface area contributed by atoms with Crippen LogP contribution in [0.3, 0.4) is 0 Å². The number of nitrogens with zero attached hydrogens (tertiary/aromatic N) is 3. The molecule has 1 heterocycles. The summed E-state index contributed by atoms with van der Waals surface area (Å²) in [6, 6.07) is 7.94. The molecule has 200 valence electrons. The number of carbonyl (C=O) groups is 1. The number of anilines is 1. The van der Waals surface area contributed by atoms with Crippen LogP contribution < -0.4 is 4.90 Å². The summed E-state index contributed by atoms with van der Waals surface area (Å²) in [6.07, 6.45) is -9.19. The lowest BCUT2D eigenvalue weighted by Crippen LogP contribution is -2.49. The van der Waals surface area contributed by atoms with E-state index in [9.17, 15) is 36.2 Å². The Balaban J connectivity index is 2.09. The van der Waals surface area contributed by atoms with Gasteiger partial charge in [0, 0.05) is 31.4 Å². The van der Waals surface area contributed by atoms with Crippen LogP contribution in [0.4, 0.5) is 32.0 Å². The van der Waals surface area contributed by atoms with Crippen LogP contribution >= 0.6 is 0 Å². The average molecular weight is 528 g/mol. The van der Waals surface area contributed by atoms with E-state index in [-0.39, 0.29) is 24.3 Å². The van der Waals surface area contributed by atoms with Crippen molar-refractivity contribution in [2.75, 3.05) is 18.0 Å². The van der Waals surface area contributed by atoms with Crippen molar-refractivity contribution in [1.29, 1.82) is 5.26 Å². The maximum Gasteiger partial charge on any atom is 0.417 e. The van der Waals surface area contributed by atoms with Crippen LogP contribution in [0.5, 0.6) is 0 Å². The fourth-order valence-electron chi connectivity index (χ4n) is 4.92. The van der Waals surface area contributed by atoms with E-state index in [0.717, 1.165) is 18.2 Å². The molecule has 37 heavy (non-hydrogen) atoms. The van der Waals surface area contributed by atoms with Gasteiger partial charge in [-0.05, 0) is 41.7 Å². The molecule has 0 aromatic heterocycles. The van der Waals surface area contributed by atoms with Gasteiger partial charge in [-0.1, -0.05) is 39.0 Å². The van der Waals surface area contributed by atoms with Crippen LogP contribution in [0.15, 0.2) is 42.5 Å². The molecular formula is C26H27F6N3O2. The Kier molecular flexibility index (Phi) is 7.84. The molecule has 0 aliphatic carbocycles. The Morgan fingerprint density at radius 3 is 2.24 bits per heavy atom. The summed E-state index contributed by atoms with van der Waals surface area (Å²) in [6.45, 7) is 5.35. The molecule has 1 aliphatic rings. The first-order valence-corrected chi connectivity index (χ1v) is 11.5. The Morgan fingerprint density at radius 1 is 1.08 bits per heavy atom. The number of halogens is 6. The van der Waals surface area contributed by atoms with Crippen LogP contribution in [0, 0.1) is 16.7 Å². The number of nitriles is 1. The van der Waals surface area contributed by atoms with E-state index in [1.165, 1.54) is 35.2 Å². The quantitative estimate of drug-likeness (QED) is 0.455. The van der Waals surface area contributed by atoms with Crippen molar-refractivity contribution >= 4 is 11.7 Å². The maximum absolute atomic E-state index is 13.7. The monoisotopic (exact) mass is 527 g/mol. The van der Waals surface area contributed by atoms with E-state index in [4.69, 9.17) is 5.26 Å². The van der Waals surface area contributed by atoms with E-state index in [1.807, 2.05) is 0 Å². The zero-order valence-electron chi connectivity index (χ0n) is 20.5. The van der Waals surface area contributed by atoms with Gasteiger partial charge in [-0.2, -0.15) is 31.6 Å². The summed E-state index contributed by atoms with van der Waals surface area (Å²) in [7, 11) is 0. The zero-order chi connectivity index (χ0) is 27.8. The Labute approximate surface area is 210 Å². The molecule has 1 N–H and O–H groups in total. The lowest BCUT2D eigenvalue weighted by atomic mass is 9.86. The van der Waals surface area contributed by atoms with Gasteiger partial charge in [-0.25, -0.2) is 0 Å². The van der Waals surface area contributed by atoms with Crippen molar-refractivity contribution in [2.45, 2.75) is 58.2 Å². The van der Waals surface area contributed by atoms with Crippen LogP contribution in [-0.2, 0) is 23.7 Å². The predicted octanol–water partition coefficient (Wildman–Crippen LogP) is 6.18. The fourth-order valence-corrected chi connectivity index (χ4v) is 4.92. The summed E-state index contributed by atoms with van der Waals surface area (Å²) in [5.74, 6) is -1.06. The third-order valence-corrected chi connectivity index (χ3v) is 6.48. The highest BCUT2D eigenvalue weighted by molar-refractivity contribution is 5.74. The predicted molar refractivity (Wildman–Crippen MR) is 125 cm³/mol. The van der Waals surface area contributed by atoms with Crippen molar-refractivity contribution in [2.24, 2.45) is 5.41 Å². The standard InChI is InChI=1S/C26H27F6N3O2/c1-24(2,3)22(23(36)37)34-11-10-19(15-34)35(14-17-6-4-5-7-20(17)25(27,28)29)18-9-8-16(13-33)21(12-18)26(30,31)32/h4-9,12,19,22H,10-11,14-15H2,1-3H3,(H,36,37)/t19-,22?/m0/s1. The molecule has 2 atom stereocenters. The average Bonchev–Trinajstić information content (AvgIpc) is 3.23. The van der Waals surface area contributed by atoms with Gasteiger partial charge in [-0.15, -0.1) is 0 Å². The molecule has 5 nitrogen and oxygen atoms in total. The highest BCUT2D eigenvalue weighted by Gasteiger charge is 2.42. The topological polar surface area (TPSA) is 67.6 Å². The van der Waals surface area contributed by atoms with Crippen molar-refractivity contribution in [3.05, 3.63) is 64.7 Å². The smallest absolute Gasteiger partial charge is 0.417 e. The van der Waals surface area contributed by atoms with E-state index in [2.05, 4.69) is 0 Å². The number of hydrogen-bond acceptors (Lipinski definition) is 4. The van der Waals surface area contributed by atoms with Gasteiger partial charge in [0.15, 0.2) is 0 Å². The number of likely N-dealkylation sites (tertiary alicyclic amines) is 1. The molecule has 0 radical (unpaired) electrons. The highest BCUT2D eigenvalue weighted by Crippen LogP contribution is 2.38. The number of carboxylic acids is 1. The van der Waals surface area contributed by atoms with Crippen LogP contribution in [0.1, 0.15) is 49.4 Å². The molecule has 0 bridgehead atoms. The molecule has 0 saturated carbocycles. The molecule has 1 unspecified atom stereocenters. The molecule has 2 aromatic rings. The molecule has 1 aliphatic heterocycles.